The Morgan fingerprint density at radius 3 is 2.11 bits per heavy atom. The van der Waals surface area contributed by atoms with E-state index in [1.807, 2.05) is 6.07 Å². The molecule has 0 saturated heterocycles. The Balaban J connectivity index is 2.25. The molecule has 0 aliphatic carbocycles. The van der Waals surface area contributed by atoms with Gasteiger partial charge in [0, 0.05) is 0 Å². The van der Waals surface area contributed by atoms with Crippen LogP contribution in [0, 0.1) is 5.75 Å². The molecule has 0 fully saturated rings. The fourth-order valence-electron chi connectivity index (χ4n) is 1.54. The summed E-state index contributed by atoms with van der Waals surface area (Å²) >= 11 is 0. The first-order valence-electron chi connectivity index (χ1n) is 5.41. The molecule has 93 valence electrons. The highest BCUT2D eigenvalue weighted by Crippen LogP contribution is 2.20. The van der Waals surface area contributed by atoms with Gasteiger partial charge in [0.15, 0.2) is 9.84 Å². The summed E-state index contributed by atoms with van der Waals surface area (Å²) in [5.41, 5.74) is 0.660. The summed E-state index contributed by atoms with van der Waals surface area (Å²) in [6.45, 7) is 0. The number of ether oxygens (including phenoxy) is 1. The van der Waals surface area contributed by atoms with Crippen molar-refractivity contribution in [1.29, 1.82) is 0 Å². The largest absolute Gasteiger partial charge is 0.497 e. The van der Waals surface area contributed by atoms with Crippen LogP contribution in [0.5, 0.6) is 5.75 Å². The molecule has 18 heavy (non-hydrogen) atoms. The number of methoxy groups -OCH3 is 1. The van der Waals surface area contributed by atoms with Crippen LogP contribution in [0.2, 0.25) is 0 Å². The van der Waals surface area contributed by atoms with E-state index in [-0.39, 0.29) is 4.90 Å². The molecule has 0 bridgehead atoms. The molecule has 0 unspecified atom stereocenters. The summed E-state index contributed by atoms with van der Waals surface area (Å²) in [7, 11) is -1.88. The molecular formula is C14H13O3S. The molecule has 2 aromatic carbocycles. The van der Waals surface area contributed by atoms with Crippen LogP contribution in [0.1, 0.15) is 5.56 Å². The van der Waals surface area contributed by atoms with E-state index in [9.17, 15) is 8.42 Å². The number of sulfone groups is 1. The molecule has 0 amide bonds. The molecule has 0 heterocycles. The average Bonchev–Trinajstić information content (AvgIpc) is 2.39. The van der Waals surface area contributed by atoms with Gasteiger partial charge in [0.2, 0.25) is 0 Å². The van der Waals surface area contributed by atoms with Gasteiger partial charge in [-0.1, -0.05) is 30.3 Å². The second-order valence-corrected chi connectivity index (χ2v) is 5.55. The zero-order valence-corrected chi connectivity index (χ0v) is 10.7. The highest BCUT2D eigenvalue weighted by molar-refractivity contribution is 7.93. The molecule has 2 aromatic rings. The van der Waals surface area contributed by atoms with Gasteiger partial charge in [0.1, 0.15) is 11.5 Å². The normalized spacial score (nSPS) is 11.2. The third kappa shape index (κ3) is 2.90. The van der Waals surface area contributed by atoms with Gasteiger partial charge in [0.05, 0.1) is 12.0 Å². The monoisotopic (exact) mass is 261 g/mol. The molecule has 0 N–H and O–H groups in total. The van der Waals surface area contributed by atoms with Crippen LogP contribution in [0.25, 0.3) is 0 Å². The lowest BCUT2D eigenvalue weighted by Gasteiger charge is -2.05. The van der Waals surface area contributed by atoms with E-state index in [0.717, 1.165) is 0 Å². The lowest BCUT2D eigenvalue weighted by molar-refractivity contribution is 0.414. The Morgan fingerprint density at radius 1 is 0.944 bits per heavy atom. The van der Waals surface area contributed by atoms with E-state index < -0.39 is 9.84 Å². The topological polar surface area (TPSA) is 43.4 Å². The first kappa shape index (κ1) is 12.6. The molecule has 0 aromatic heterocycles. The van der Waals surface area contributed by atoms with Crippen LogP contribution < -0.4 is 4.74 Å². The SMILES string of the molecule is COc1ccc(S(=O)(=O)[CH]c2ccccc2)cc1. The van der Waals surface area contributed by atoms with Crippen molar-refractivity contribution in [2.75, 3.05) is 7.11 Å². The summed E-state index contributed by atoms with van der Waals surface area (Å²) in [6, 6.07) is 15.3. The van der Waals surface area contributed by atoms with Crippen molar-refractivity contribution >= 4 is 9.84 Å². The first-order chi connectivity index (χ1) is 8.62. The summed E-state index contributed by atoms with van der Waals surface area (Å²) in [5, 5.41) is 0. The van der Waals surface area contributed by atoms with Crippen molar-refractivity contribution in [1.82, 2.24) is 0 Å². The van der Waals surface area contributed by atoms with Crippen LogP contribution in [0.3, 0.4) is 0 Å². The second-order valence-electron chi connectivity index (χ2n) is 3.75. The van der Waals surface area contributed by atoms with Gasteiger partial charge in [-0.2, -0.15) is 0 Å². The Bertz CT molecular complexity index is 601. The molecule has 0 atom stereocenters. The standard InChI is InChI=1S/C14H13O3S/c1-17-13-7-9-14(10-8-13)18(15,16)11-12-5-3-2-4-6-12/h2-11H,1H3. The zero-order valence-electron chi connectivity index (χ0n) is 9.91. The third-order valence-electron chi connectivity index (χ3n) is 2.48. The maximum Gasteiger partial charge on any atom is 0.187 e. The van der Waals surface area contributed by atoms with Crippen LogP contribution in [-0.4, -0.2) is 15.5 Å². The summed E-state index contributed by atoms with van der Waals surface area (Å²) < 4.78 is 29.2. The Kier molecular flexibility index (Phi) is 3.67. The lowest BCUT2D eigenvalue weighted by Crippen LogP contribution is -2.02. The Hall–Kier alpha value is -1.81. The molecule has 0 saturated carbocycles. The molecule has 0 aliphatic heterocycles. The summed E-state index contributed by atoms with van der Waals surface area (Å²) in [4.78, 5) is 0.257. The van der Waals surface area contributed by atoms with E-state index in [4.69, 9.17) is 4.74 Å². The average molecular weight is 261 g/mol. The van der Waals surface area contributed by atoms with Crippen LogP contribution in [0.15, 0.2) is 59.5 Å². The van der Waals surface area contributed by atoms with Crippen LogP contribution >= 0.6 is 0 Å². The van der Waals surface area contributed by atoms with Crippen molar-refractivity contribution in [3.63, 3.8) is 0 Å². The van der Waals surface area contributed by atoms with Gasteiger partial charge in [-0.15, -0.1) is 0 Å². The van der Waals surface area contributed by atoms with Crippen molar-refractivity contribution in [3.05, 3.63) is 65.9 Å². The first-order valence-corrected chi connectivity index (χ1v) is 6.95. The molecular weight excluding hydrogens is 248 g/mol. The third-order valence-corrected chi connectivity index (χ3v) is 3.99. The lowest BCUT2D eigenvalue weighted by atomic mass is 10.2. The zero-order chi connectivity index (χ0) is 13.0. The summed E-state index contributed by atoms with van der Waals surface area (Å²) in [5.74, 6) is 1.89. The van der Waals surface area contributed by atoms with E-state index in [1.54, 1.807) is 43.5 Å². The number of benzene rings is 2. The van der Waals surface area contributed by atoms with Gasteiger partial charge in [-0.3, -0.25) is 0 Å². The maximum atomic E-state index is 12.1. The van der Waals surface area contributed by atoms with E-state index in [1.165, 1.54) is 17.9 Å². The van der Waals surface area contributed by atoms with Gasteiger partial charge in [-0.25, -0.2) is 8.42 Å². The number of hydrogen-bond acceptors (Lipinski definition) is 3. The number of hydrogen-bond donors (Lipinski definition) is 0. The number of rotatable bonds is 4. The molecule has 0 aliphatic rings. The molecule has 0 spiro atoms. The van der Waals surface area contributed by atoms with E-state index in [0.29, 0.717) is 11.3 Å². The highest BCUT2D eigenvalue weighted by Gasteiger charge is 2.15. The Labute approximate surface area is 107 Å². The molecule has 1 radical (unpaired) electrons. The van der Waals surface area contributed by atoms with Crippen LogP contribution in [0.4, 0.5) is 0 Å². The van der Waals surface area contributed by atoms with Crippen molar-refractivity contribution in [2.45, 2.75) is 4.90 Å². The minimum atomic E-state index is -3.42. The van der Waals surface area contributed by atoms with E-state index in [2.05, 4.69) is 0 Å². The fraction of sp³-hybridized carbons (Fsp3) is 0.0714. The smallest absolute Gasteiger partial charge is 0.187 e. The van der Waals surface area contributed by atoms with Gasteiger partial charge in [0.25, 0.3) is 0 Å². The fourth-order valence-corrected chi connectivity index (χ4v) is 2.71. The minimum Gasteiger partial charge on any atom is -0.497 e. The Morgan fingerprint density at radius 2 is 1.56 bits per heavy atom. The van der Waals surface area contributed by atoms with Crippen LogP contribution in [-0.2, 0) is 9.84 Å². The second kappa shape index (κ2) is 5.23. The van der Waals surface area contributed by atoms with Gasteiger partial charge in [-0.05, 0) is 29.8 Å². The quantitative estimate of drug-likeness (QED) is 0.850. The summed E-state index contributed by atoms with van der Waals surface area (Å²) in [6.07, 6.45) is 0. The molecule has 2 rings (SSSR count). The molecule has 4 heteroatoms. The minimum absolute atomic E-state index is 0.257. The maximum absolute atomic E-state index is 12.1. The van der Waals surface area contributed by atoms with Gasteiger partial charge >= 0.3 is 0 Å². The molecule has 3 nitrogen and oxygen atoms in total. The highest BCUT2D eigenvalue weighted by atomic mass is 32.2. The van der Waals surface area contributed by atoms with E-state index >= 15 is 0 Å². The predicted molar refractivity (Wildman–Crippen MR) is 70.0 cm³/mol. The van der Waals surface area contributed by atoms with Crippen molar-refractivity contribution in [2.24, 2.45) is 0 Å². The predicted octanol–water partition coefficient (Wildman–Crippen LogP) is 2.68. The van der Waals surface area contributed by atoms with Crippen molar-refractivity contribution in [3.8, 4) is 5.75 Å². The van der Waals surface area contributed by atoms with Crippen molar-refractivity contribution < 1.29 is 13.2 Å². The van der Waals surface area contributed by atoms with Gasteiger partial charge < -0.3 is 4.74 Å².